The number of nitrogens with one attached hydrogen (secondary N) is 1. The maximum atomic E-state index is 13.6. The second-order valence-corrected chi connectivity index (χ2v) is 11.8. The number of aryl methyl sites for hydroxylation is 1. The van der Waals surface area contributed by atoms with Gasteiger partial charge in [0, 0.05) is 54.7 Å². The summed E-state index contributed by atoms with van der Waals surface area (Å²) in [4.78, 5) is 62.6. The van der Waals surface area contributed by atoms with Gasteiger partial charge in [-0.05, 0) is 64.3 Å². The number of nitrogens with zero attached hydrogens (tertiary/aromatic N) is 7. The van der Waals surface area contributed by atoms with Crippen LogP contribution in [0, 0.1) is 6.92 Å². The Balaban J connectivity index is 0.00000332. The fourth-order valence-corrected chi connectivity index (χ4v) is 5.31. The highest BCUT2D eigenvalue weighted by molar-refractivity contribution is 6.17. The van der Waals surface area contributed by atoms with Crippen LogP contribution in [0.5, 0.6) is 0 Å². The van der Waals surface area contributed by atoms with E-state index in [9.17, 15) is 14.4 Å². The van der Waals surface area contributed by atoms with Gasteiger partial charge in [0.1, 0.15) is 18.2 Å². The third kappa shape index (κ3) is 9.49. The number of carbonyl (C=O) groups is 3. The van der Waals surface area contributed by atoms with E-state index < -0.39 is 6.04 Å². The van der Waals surface area contributed by atoms with Crippen molar-refractivity contribution in [3.8, 4) is 0 Å². The zero-order valence-electron chi connectivity index (χ0n) is 30.4. The Bertz CT molecular complexity index is 1780. The van der Waals surface area contributed by atoms with Crippen molar-refractivity contribution in [1.82, 2.24) is 4.90 Å². The molecule has 0 radical (unpaired) electrons. The molecule has 4 amide bonds. The first-order chi connectivity index (χ1) is 23.9. The number of likely N-dealkylation sites (N-methyl/N-ethyl adjacent to an activating group) is 2. The zero-order valence-corrected chi connectivity index (χ0v) is 30.4. The number of rotatable bonds is 10. The molecule has 2 aromatic carbocycles. The van der Waals surface area contributed by atoms with Crippen molar-refractivity contribution >= 4 is 58.5 Å². The van der Waals surface area contributed by atoms with Gasteiger partial charge >= 0.3 is 6.03 Å². The molecule has 1 fully saturated rings. The van der Waals surface area contributed by atoms with E-state index >= 15 is 0 Å². The smallest absolute Gasteiger partial charge is 0.330 e. The van der Waals surface area contributed by atoms with E-state index in [1.807, 2.05) is 71.0 Å². The highest BCUT2D eigenvalue weighted by Gasteiger charge is 2.34. The molecule has 0 bridgehead atoms. The number of fused-ring (bicyclic) bond motifs is 1. The molecule has 50 heavy (non-hydrogen) atoms. The van der Waals surface area contributed by atoms with Crippen LogP contribution in [0.3, 0.4) is 0 Å². The Morgan fingerprint density at radius 1 is 1.08 bits per heavy atom. The lowest BCUT2D eigenvalue weighted by Gasteiger charge is -2.36. The van der Waals surface area contributed by atoms with E-state index in [2.05, 4.69) is 26.9 Å². The molecule has 0 spiro atoms. The Kier molecular flexibility index (Phi) is 14.1. The predicted molar refractivity (Wildman–Crippen MR) is 207 cm³/mol. The van der Waals surface area contributed by atoms with E-state index in [0.717, 1.165) is 28.2 Å². The number of nitrogens with two attached hydrogens (primary N) is 1. The van der Waals surface area contributed by atoms with Crippen LogP contribution in [0.2, 0.25) is 0 Å². The fourth-order valence-electron chi connectivity index (χ4n) is 5.31. The van der Waals surface area contributed by atoms with E-state index in [1.54, 1.807) is 49.2 Å². The van der Waals surface area contributed by atoms with Crippen molar-refractivity contribution in [2.24, 2.45) is 25.7 Å². The van der Waals surface area contributed by atoms with E-state index in [4.69, 9.17) is 10.7 Å². The summed E-state index contributed by atoms with van der Waals surface area (Å²) < 4.78 is 0. The lowest BCUT2D eigenvalue weighted by molar-refractivity contribution is -0.123. The van der Waals surface area contributed by atoms with E-state index in [1.165, 1.54) is 17.4 Å². The first-order valence-electron chi connectivity index (χ1n) is 16.6. The number of hydrogen-bond donors (Lipinski definition) is 2. The number of anilines is 3. The number of amides is 4. The van der Waals surface area contributed by atoms with Crippen LogP contribution in [0.4, 0.5) is 21.9 Å². The van der Waals surface area contributed by atoms with E-state index in [-0.39, 0.29) is 30.8 Å². The van der Waals surface area contributed by atoms with Gasteiger partial charge in [-0.3, -0.25) is 29.4 Å². The molecular weight excluding hydrogens is 630 g/mol. The second kappa shape index (κ2) is 18.2. The molecule has 12 heteroatoms. The number of hydrogen-bond acceptors (Lipinski definition) is 7. The van der Waals surface area contributed by atoms with Crippen LogP contribution >= 0.6 is 0 Å². The molecule has 4 rings (SSSR count). The number of para-hydroxylation sites is 1. The molecule has 2 aliphatic rings. The monoisotopic (exact) mass is 679 g/mol. The molecule has 0 aromatic heterocycles. The number of benzodiazepines with no additional fused rings is 1. The summed E-state index contributed by atoms with van der Waals surface area (Å²) in [5, 5.41) is 2.91. The fraction of sp³-hybridized carbons (Fsp3) is 0.342. The summed E-state index contributed by atoms with van der Waals surface area (Å²) >= 11 is 0. The number of aliphatic imine (C=N–C) groups is 4. The summed E-state index contributed by atoms with van der Waals surface area (Å²) in [6.07, 6.45) is 7.37. The van der Waals surface area contributed by atoms with Crippen LogP contribution in [0.25, 0.3) is 0 Å². The second-order valence-electron chi connectivity index (χ2n) is 11.8. The van der Waals surface area contributed by atoms with Gasteiger partial charge in [0.15, 0.2) is 0 Å². The normalized spacial score (nSPS) is 18.0. The van der Waals surface area contributed by atoms with Gasteiger partial charge in [-0.15, -0.1) is 6.58 Å². The molecule has 264 valence electrons. The number of carbonyl (C=O) groups excluding carboxylic acids is 3. The van der Waals surface area contributed by atoms with Crippen LogP contribution < -0.4 is 20.9 Å². The molecule has 12 nitrogen and oxygen atoms in total. The molecule has 2 aliphatic heterocycles. The molecule has 2 aromatic rings. The van der Waals surface area contributed by atoms with Crippen molar-refractivity contribution in [2.45, 2.75) is 66.8 Å². The van der Waals surface area contributed by atoms with Gasteiger partial charge in [0.2, 0.25) is 5.91 Å². The summed E-state index contributed by atoms with van der Waals surface area (Å²) in [6.45, 7) is 15.4. The molecule has 1 saturated heterocycles. The molecule has 0 aliphatic carbocycles. The molecule has 2 heterocycles. The third-order valence-electron chi connectivity index (χ3n) is 7.85. The SMILES string of the molecule is C=CCCC1=N[C@@H](CC(=O)Nc2ccc(C)c(N3CC(=CN)C(=NC=N/C(C)=C/N=C(C)C)N(C)C3=O)c2)C(=O)N(C)c2ccccc21.CC. The minimum atomic E-state index is -0.897. The quantitative estimate of drug-likeness (QED) is 0.165. The Morgan fingerprint density at radius 2 is 1.80 bits per heavy atom. The van der Waals surface area contributed by atoms with Crippen LogP contribution in [-0.2, 0) is 9.59 Å². The highest BCUT2D eigenvalue weighted by atomic mass is 16.2. The van der Waals surface area contributed by atoms with Gasteiger partial charge in [-0.2, -0.15) is 0 Å². The first-order valence-corrected chi connectivity index (χ1v) is 16.6. The number of amidine groups is 1. The average molecular weight is 680 g/mol. The predicted octanol–water partition coefficient (Wildman–Crippen LogP) is 6.63. The van der Waals surface area contributed by atoms with Gasteiger partial charge in [0.25, 0.3) is 5.91 Å². The van der Waals surface area contributed by atoms with Crippen molar-refractivity contribution in [2.75, 3.05) is 35.8 Å². The van der Waals surface area contributed by atoms with Crippen LogP contribution in [-0.4, -0.2) is 73.0 Å². The largest absolute Gasteiger partial charge is 0.404 e. The van der Waals surface area contributed by atoms with Gasteiger partial charge in [-0.25, -0.2) is 14.8 Å². The summed E-state index contributed by atoms with van der Waals surface area (Å²) in [7, 11) is 3.31. The molecule has 1 atom stereocenters. The van der Waals surface area contributed by atoms with Gasteiger partial charge in [-0.1, -0.05) is 44.2 Å². The lowest BCUT2D eigenvalue weighted by atomic mass is 10.0. The maximum Gasteiger partial charge on any atom is 0.330 e. The first kappa shape index (κ1) is 38.8. The summed E-state index contributed by atoms with van der Waals surface area (Å²) in [6, 6.07) is 11.7. The summed E-state index contributed by atoms with van der Waals surface area (Å²) in [5.74, 6) is -0.269. The van der Waals surface area contributed by atoms with Crippen molar-refractivity contribution in [3.63, 3.8) is 0 Å². The molecular formula is C38H49N9O3. The minimum absolute atomic E-state index is 0.149. The molecule has 0 saturated carbocycles. The average Bonchev–Trinajstić information content (AvgIpc) is 3.20. The molecule has 3 N–H and O–H groups in total. The number of benzene rings is 2. The third-order valence-corrected chi connectivity index (χ3v) is 7.85. The maximum absolute atomic E-state index is 13.6. The van der Waals surface area contributed by atoms with Gasteiger partial charge < -0.3 is 16.0 Å². The topological polar surface area (TPSA) is 148 Å². The van der Waals surface area contributed by atoms with E-state index in [0.29, 0.717) is 41.3 Å². The Hall–Kier alpha value is -5.65. The van der Waals surface area contributed by atoms with Crippen molar-refractivity contribution < 1.29 is 14.4 Å². The van der Waals surface area contributed by atoms with Crippen molar-refractivity contribution in [1.29, 1.82) is 0 Å². The Morgan fingerprint density at radius 3 is 2.48 bits per heavy atom. The zero-order chi connectivity index (χ0) is 37.0. The van der Waals surface area contributed by atoms with Gasteiger partial charge in [0.05, 0.1) is 30.0 Å². The molecule has 0 unspecified atom stereocenters. The summed E-state index contributed by atoms with van der Waals surface area (Å²) in [5.41, 5.74) is 12.4. The lowest BCUT2D eigenvalue weighted by Crippen LogP contribution is -2.52. The van der Waals surface area contributed by atoms with Crippen LogP contribution in [0.1, 0.15) is 65.0 Å². The Labute approximate surface area is 295 Å². The standard InChI is InChI=1S/C36H43N9O3.C2H6/c1-8-9-13-29-28-12-10-11-14-31(28)43(6)35(47)30(42-29)18-33(46)41-27-16-15-24(4)32(17-27)45-21-26(19-37)34(44(7)36(45)48)40-22-39-25(5)20-38-23(2)3;1-2/h8,10-12,14-17,19-20,22,30H,1,9,13,18,21,37H2,2-7H3,(H,41,46);1-2H3/b25-20+,26-19?,39-22?,40-34?;/t30-;/m0./s1. The number of urea groups is 1. The van der Waals surface area contributed by atoms with Crippen molar-refractivity contribution in [3.05, 3.63) is 89.9 Å². The number of allylic oxidation sites excluding steroid dienone is 2. The highest BCUT2D eigenvalue weighted by Crippen LogP contribution is 2.30. The minimum Gasteiger partial charge on any atom is -0.404 e. The van der Waals surface area contributed by atoms with Crippen LogP contribution in [0.15, 0.2) is 98.8 Å².